The van der Waals surface area contributed by atoms with Gasteiger partial charge in [-0.25, -0.2) is 8.42 Å². The minimum absolute atomic E-state index is 0.105. The first kappa shape index (κ1) is 12.5. The Morgan fingerprint density at radius 2 is 2.16 bits per heavy atom. The second kappa shape index (κ2) is 4.52. The molecule has 19 heavy (non-hydrogen) atoms. The van der Waals surface area contributed by atoms with Gasteiger partial charge in [-0.3, -0.25) is 9.20 Å². The van der Waals surface area contributed by atoms with Crippen LogP contribution in [0.5, 0.6) is 0 Å². The van der Waals surface area contributed by atoms with Crippen LogP contribution in [0.15, 0.2) is 29.2 Å². The Hall–Kier alpha value is -1.56. The molecule has 6 heteroatoms. The molecule has 0 spiro atoms. The Balaban J connectivity index is 1.93. The standard InChI is InChI=1S/C13H16N2O3S/c16-13-6-3-5-12-14-10(9-15(12)13)8-11-4-1-2-7-19(11,17)18/h3,5-6,9,11,14H,1-2,4,7-8H2. The molecule has 2 aromatic rings. The smallest absolute Gasteiger partial charge is 0.256 e. The van der Waals surface area contributed by atoms with E-state index in [4.69, 9.17) is 0 Å². The minimum Gasteiger partial charge on any atom is -0.343 e. The van der Waals surface area contributed by atoms with E-state index < -0.39 is 9.84 Å². The average Bonchev–Trinajstić information content (AvgIpc) is 2.76. The third kappa shape index (κ3) is 2.32. The van der Waals surface area contributed by atoms with Crippen molar-refractivity contribution in [3.05, 3.63) is 40.4 Å². The second-order valence-corrected chi connectivity index (χ2v) is 7.49. The van der Waals surface area contributed by atoms with Crippen molar-refractivity contribution in [3.8, 4) is 0 Å². The third-order valence-corrected chi connectivity index (χ3v) is 6.00. The number of aromatic nitrogens is 2. The van der Waals surface area contributed by atoms with Crippen LogP contribution in [0.2, 0.25) is 0 Å². The molecule has 0 saturated carbocycles. The van der Waals surface area contributed by atoms with E-state index in [-0.39, 0.29) is 16.6 Å². The number of hydrogen-bond acceptors (Lipinski definition) is 3. The SMILES string of the molecule is O=c1cccc2[nH]c(CC3CCCCS3(=O)=O)cn12. The van der Waals surface area contributed by atoms with Gasteiger partial charge in [0, 0.05) is 24.4 Å². The van der Waals surface area contributed by atoms with Gasteiger partial charge in [-0.05, 0) is 18.9 Å². The number of fused-ring (bicyclic) bond motifs is 1. The molecule has 0 radical (unpaired) electrons. The molecule has 1 atom stereocenters. The summed E-state index contributed by atoms with van der Waals surface area (Å²) in [4.78, 5) is 14.8. The fourth-order valence-electron chi connectivity index (χ4n) is 2.69. The number of aromatic amines is 1. The van der Waals surface area contributed by atoms with Crippen LogP contribution in [-0.2, 0) is 16.3 Å². The first-order chi connectivity index (χ1) is 9.06. The summed E-state index contributed by atoms with van der Waals surface area (Å²) in [5, 5.41) is -0.315. The number of H-pyrrole nitrogens is 1. The first-order valence-electron chi connectivity index (χ1n) is 6.47. The summed E-state index contributed by atoms with van der Waals surface area (Å²) in [6.07, 6.45) is 4.62. The number of sulfone groups is 1. The molecule has 3 heterocycles. The number of rotatable bonds is 2. The summed E-state index contributed by atoms with van der Waals surface area (Å²) in [6.45, 7) is 0. The monoisotopic (exact) mass is 280 g/mol. The summed E-state index contributed by atoms with van der Waals surface area (Å²) in [5.74, 6) is 0.290. The molecule has 1 N–H and O–H groups in total. The lowest BCUT2D eigenvalue weighted by molar-refractivity contribution is 0.536. The van der Waals surface area contributed by atoms with Crippen molar-refractivity contribution < 1.29 is 8.42 Å². The predicted molar refractivity (Wildman–Crippen MR) is 73.1 cm³/mol. The van der Waals surface area contributed by atoms with Gasteiger partial charge in [-0.2, -0.15) is 0 Å². The van der Waals surface area contributed by atoms with Gasteiger partial charge in [0.05, 0.1) is 11.0 Å². The van der Waals surface area contributed by atoms with Gasteiger partial charge in [-0.1, -0.05) is 12.5 Å². The highest BCUT2D eigenvalue weighted by molar-refractivity contribution is 7.92. The fraction of sp³-hybridized carbons (Fsp3) is 0.462. The molecule has 1 aliphatic heterocycles. The van der Waals surface area contributed by atoms with Crippen LogP contribution in [0.1, 0.15) is 25.0 Å². The van der Waals surface area contributed by atoms with Crippen molar-refractivity contribution in [1.29, 1.82) is 0 Å². The largest absolute Gasteiger partial charge is 0.343 e. The summed E-state index contributed by atoms with van der Waals surface area (Å²) in [6, 6.07) is 4.98. The van der Waals surface area contributed by atoms with Gasteiger partial charge in [0.2, 0.25) is 0 Å². The van der Waals surface area contributed by atoms with Crippen molar-refractivity contribution in [2.45, 2.75) is 30.9 Å². The topological polar surface area (TPSA) is 71.4 Å². The van der Waals surface area contributed by atoms with Crippen molar-refractivity contribution in [3.63, 3.8) is 0 Å². The lowest BCUT2D eigenvalue weighted by Gasteiger charge is -2.21. The second-order valence-electron chi connectivity index (χ2n) is 5.09. The number of hydrogen-bond donors (Lipinski definition) is 1. The number of pyridine rings is 1. The van der Waals surface area contributed by atoms with Gasteiger partial charge in [0.15, 0.2) is 9.84 Å². The van der Waals surface area contributed by atoms with Crippen LogP contribution in [0, 0.1) is 0 Å². The van der Waals surface area contributed by atoms with Crippen molar-refractivity contribution in [2.75, 3.05) is 5.75 Å². The van der Waals surface area contributed by atoms with Crippen LogP contribution in [0.3, 0.4) is 0 Å². The fourth-order valence-corrected chi connectivity index (χ4v) is 4.59. The van der Waals surface area contributed by atoms with Gasteiger partial charge in [0.25, 0.3) is 5.56 Å². The molecule has 102 valence electrons. The molecule has 1 saturated heterocycles. The van der Waals surface area contributed by atoms with E-state index in [1.54, 1.807) is 18.3 Å². The van der Waals surface area contributed by atoms with E-state index in [0.717, 1.165) is 18.5 Å². The van der Waals surface area contributed by atoms with E-state index >= 15 is 0 Å². The Bertz CT molecular complexity index is 758. The highest BCUT2D eigenvalue weighted by Crippen LogP contribution is 2.22. The van der Waals surface area contributed by atoms with Crippen LogP contribution in [-0.4, -0.2) is 28.8 Å². The van der Waals surface area contributed by atoms with Gasteiger partial charge < -0.3 is 4.98 Å². The lowest BCUT2D eigenvalue weighted by atomic mass is 10.1. The average molecular weight is 280 g/mol. The van der Waals surface area contributed by atoms with Crippen molar-refractivity contribution >= 4 is 15.5 Å². The molecule has 1 fully saturated rings. The summed E-state index contributed by atoms with van der Waals surface area (Å²) in [5.41, 5.74) is 1.40. The molecule has 0 aliphatic carbocycles. The maximum absolute atomic E-state index is 12.0. The molecule has 0 aromatic carbocycles. The zero-order valence-corrected chi connectivity index (χ0v) is 11.3. The number of imidazole rings is 1. The van der Waals surface area contributed by atoms with Crippen LogP contribution in [0.4, 0.5) is 0 Å². The van der Waals surface area contributed by atoms with E-state index in [1.165, 1.54) is 10.5 Å². The van der Waals surface area contributed by atoms with Crippen LogP contribution < -0.4 is 5.56 Å². The quantitative estimate of drug-likeness (QED) is 0.896. The molecule has 3 rings (SSSR count). The van der Waals surface area contributed by atoms with Gasteiger partial charge >= 0.3 is 0 Å². The van der Waals surface area contributed by atoms with E-state index in [2.05, 4.69) is 4.98 Å². The van der Waals surface area contributed by atoms with Crippen LogP contribution in [0.25, 0.3) is 5.65 Å². The van der Waals surface area contributed by atoms with Crippen molar-refractivity contribution in [2.24, 2.45) is 0 Å². The lowest BCUT2D eigenvalue weighted by Crippen LogP contribution is -2.30. The highest BCUT2D eigenvalue weighted by atomic mass is 32.2. The Morgan fingerprint density at radius 3 is 2.89 bits per heavy atom. The third-order valence-electron chi connectivity index (χ3n) is 3.72. The highest BCUT2D eigenvalue weighted by Gasteiger charge is 2.29. The molecule has 1 aliphatic rings. The maximum atomic E-state index is 12.0. The molecule has 0 bridgehead atoms. The Morgan fingerprint density at radius 1 is 1.32 bits per heavy atom. The minimum atomic E-state index is -2.98. The summed E-state index contributed by atoms with van der Waals surface area (Å²) < 4.78 is 25.5. The normalized spacial score (nSPS) is 22.6. The first-order valence-corrected chi connectivity index (χ1v) is 8.19. The molecule has 1 unspecified atom stereocenters. The van der Waals surface area contributed by atoms with Gasteiger partial charge in [0.1, 0.15) is 5.65 Å². The van der Waals surface area contributed by atoms with E-state index in [0.29, 0.717) is 18.5 Å². The van der Waals surface area contributed by atoms with E-state index in [1.807, 2.05) is 0 Å². The number of nitrogens with one attached hydrogen (secondary N) is 1. The predicted octanol–water partition coefficient (Wildman–Crippen LogP) is 1.14. The zero-order chi connectivity index (χ0) is 13.5. The molecular formula is C13H16N2O3S. The van der Waals surface area contributed by atoms with Crippen LogP contribution >= 0.6 is 0 Å². The Kier molecular flexibility index (Phi) is 2.97. The molecular weight excluding hydrogens is 264 g/mol. The molecule has 0 amide bonds. The Labute approximate surface area is 111 Å². The zero-order valence-electron chi connectivity index (χ0n) is 10.5. The summed E-state index contributed by atoms with van der Waals surface area (Å²) >= 11 is 0. The molecule has 2 aromatic heterocycles. The maximum Gasteiger partial charge on any atom is 0.256 e. The number of nitrogens with zero attached hydrogens (tertiary/aromatic N) is 1. The van der Waals surface area contributed by atoms with E-state index in [9.17, 15) is 13.2 Å². The van der Waals surface area contributed by atoms with Crippen molar-refractivity contribution in [1.82, 2.24) is 9.38 Å². The summed E-state index contributed by atoms with van der Waals surface area (Å²) in [7, 11) is -2.98. The van der Waals surface area contributed by atoms with Gasteiger partial charge in [-0.15, -0.1) is 0 Å². The molecule has 5 nitrogen and oxygen atoms in total.